The van der Waals surface area contributed by atoms with Gasteiger partial charge < -0.3 is 0 Å². The van der Waals surface area contributed by atoms with Crippen LogP contribution in [0.25, 0.3) is 0 Å². The van der Waals surface area contributed by atoms with Gasteiger partial charge in [-0.1, -0.05) is 13.8 Å². The van der Waals surface area contributed by atoms with Crippen LogP contribution in [0.1, 0.15) is 13.8 Å². The Balaban J connectivity index is 0. The third kappa shape index (κ3) is 158. The summed E-state index contributed by atoms with van der Waals surface area (Å²) in [6, 6.07) is 0. The highest BCUT2D eigenvalue weighted by Crippen LogP contribution is 1.31. The van der Waals surface area contributed by atoms with Crippen molar-refractivity contribution in [3.05, 3.63) is 0 Å². The van der Waals surface area contributed by atoms with Gasteiger partial charge in [0.1, 0.15) is 0 Å². The van der Waals surface area contributed by atoms with E-state index in [1.807, 2.05) is 13.8 Å². The van der Waals surface area contributed by atoms with E-state index in [-0.39, 0.29) is 0 Å². The van der Waals surface area contributed by atoms with E-state index in [0.29, 0.717) is 6.41 Å². The highest BCUT2D eigenvalue weighted by atomic mass is 16.1. The molecule has 36 valence electrons. The molecule has 0 saturated carbocycles. The molecule has 2 nitrogen and oxygen atoms in total. The van der Waals surface area contributed by atoms with Crippen molar-refractivity contribution in [3.8, 4) is 0 Å². The molecule has 1 amide bonds. The van der Waals surface area contributed by atoms with Crippen molar-refractivity contribution in [2.75, 3.05) is 0 Å². The summed E-state index contributed by atoms with van der Waals surface area (Å²) in [4.78, 5) is 11.8. The molecule has 0 heterocycles. The van der Waals surface area contributed by atoms with E-state index >= 15 is 0 Å². The van der Waals surface area contributed by atoms with Crippen molar-refractivity contribution in [2.24, 2.45) is 4.99 Å². The lowest BCUT2D eigenvalue weighted by Gasteiger charge is -1.41. The van der Waals surface area contributed by atoms with Gasteiger partial charge in [0.2, 0.25) is 6.41 Å². The molecular weight excluding hydrogens is 78.0 g/mol. The molecule has 0 atom stereocenters. The summed E-state index contributed by atoms with van der Waals surface area (Å²) in [7, 11) is 0. The average Bonchev–Trinajstić information content (AvgIpc) is 1.72. The molecule has 0 aromatic rings. The number of carbonyl (C=O) groups excluding carboxylic acids is 1. The summed E-state index contributed by atoms with van der Waals surface area (Å²) < 4.78 is 0. The van der Waals surface area contributed by atoms with Crippen LogP contribution in [0.2, 0.25) is 0 Å². The van der Waals surface area contributed by atoms with Crippen molar-refractivity contribution >= 4 is 13.1 Å². The first kappa shape index (κ1) is 9.02. The molecule has 0 unspecified atom stereocenters. The summed E-state index contributed by atoms with van der Waals surface area (Å²) in [5, 5.41) is 0. The summed E-state index contributed by atoms with van der Waals surface area (Å²) in [6.45, 7) is 6.86. The Labute approximate surface area is 37.9 Å². The number of carbonyl (C=O) groups is 1. The van der Waals surface area contributed by atoms with E-state index in [0.717, 1.165) is 0 Å². The lowest BCUT2D eigenvalue weighted by atomic mass is 11.0. The Morgan fingerprint density at radius 2 is 1.83 bits per heavy atom. The normalized spacial score (nSPS) is 4.33. The van der Waals surface area contributed by atoms with Crippen LogP contribution in [-0.2, 0) is 4.79 Å². The molecule has 0 aromatic heterocycles. The summed E-state index contributed by atoms with van der Waals surface area (Å²) in [6.07, 6.45) is 0.389. The minimum atomic E-state index is 0.389. The van der Waals surface area contributed by atoms with Crippen molar-refractivity contribution in [3.63, 3.8) is 0 Å². The van der Waals surface area contributed by atoms with E-state index in [9.17, 15) is 0 Å². The Kier molecular flexibility index (Phi) is 40.5. The van der Waals surface area contributed by atoms with Crippen LogP contribution in [-0.4, -0.2) is 13.1 Å². The van der Waals surface area contributed by atoms with Crippen LogP contribution in [0.3, 0.4) is 0 Å². The molecule has 0 radical (unpaired) electrons. The minimum absolute atomic E-state index is 0.389. The number of hydrogen-bond acceptors (Lipinski definition) is 1. The Morgan fingerprint density at radius 1 is 1.67 bits per heavy atom. The fourth-order valence-corrected chi connectivity index (χ4v) is 0. The van der Waals surface area contributed by atoms with Crippen LogP contribution in [0, 0.1) is 0 Å². The zero-order valence-electron chi connectivity index (χ0n) is 4.14. The van der Waals surface area contributed by atoms with E-state index in [1.54, 1.807) is 0 Å². The van der Waals surface area contributed by atoms with Gasteiger partial charge in [0.25, 0.3) is 0 Å². The number of hydrogen-bond donors (Lipinski definition) is 0. The topological polar surface area (TPSA) is 29.4 Å². The van der Waals surface area contributed by atoms with Crippen molar-refractivity contribution in [1.29, 1.82) is 0 Å². The van der Waals surface area contributed by atoms with Gasteiger partial charge in [-0.25, -0.2) is 4.99 Å². The molecule has 6 heavy (non-hydrogen) atoms. The Hall–Kier alpha value is -0.660. The van der Waals surface area contributed by atoms with Gasteiger partial charge in [0.15, 0.2) is 0 Å². The van der Waals surface area contributed by atoms with Crippen LogP contribution in [0.15, 0.2) is 4.99 Å². The first-order chi connectivity index (χ1) is 2.91. The highest BCUT2D eigenvalue weighted by Gasteiger charge is 1.36. The molecule has 0 saturated heterocycles. The van der Waals surface area contributed by atoms with Gasteiger partial charge >= 0.3 is 0 Å². The molecule has 0 bridgehead atoms. The third-order valence-electron chi connectivity index (χ3n) is 0.0745. The van der Waals surface area contributed by atoms with E-state index in [4.69, 9.17) is 4.79 Å². The molecular formula is C4H9NO. The van der Waals surface area contributed by atoms with E-state index in [2.05, 4.69) is 11.7 Å². The molecule has 0 aliphatic carbocycles. The van der Waals surface area contributed by atoms with E-state index < -0.39 is 0 Å². The number of rotatable bonds is 1. The van der Waals surface area contributed by atoms with Crippen molar-refractivity contribution in [1.82, 2.24) is 0 Å². The Morgan fingerprint density at radius 3 is 1.83 bits per heavy atom. The van der Waals surface area contributed by atoms with Gasteiger partial charge in [-0.3, -0.25) is 4.79 Å². The molecule has 2 heteroatoms. The predicted molar refractivity (Wildman–Crippen MR) is 27.0 cm³/mol. The SMILES string of the molecule is C=NC=O.CC. The molecule has 0 spiro atoms. The lowest BCUT2D eigenvalue weighted by molar-refractivity contribution is -0.106. The number of amides is 1. The van der Waals surface area contributed by atoms with Crippen LogP contribution >= 0.6 is 0 Å². The standard InChI is InChI=1S/C2H3NO.C2H6/c1-3-2-4;1-2/h2H,1H2;1-2H3. The summed E-state index contributed by atoms with van der Waals surface area (Å²) >= 11 is 0. The molecule has 0 aliphatic heterocycles. The maximum absolute atomic E-state index is 8.94. The smallest absolute Gasteiger partial charge is 0.232 e. The molecule has 0 fully saturated rings. The fraction of sp³-hybridized carbons (Fsp3) is 0.500. The zero-order chi connectivity index (χ0) is 5.41. The van der Waals surface area contributed by atoms with Crippen molar-refractivity contribution in [2.45, 2.75) is 13.8 Å². The third-order valence-corrected chi connectivity index (χ3v) is 0.0745. The number of nitrogens with zero attached hydrogens (tertiary/aromatic N) is 1. The average molecular weight is 87.1 g/mol. The predicted octanol–water partition coefficient (Wildman–Crippen LogP) is 0.870. The zero-order valence-corrected chi connectivity index (χ0v) is 4.14. The molecule has 0 rings (SSSR count). The maximum atomic E-state index is 8.94. The van der Waals surface area contributed by atoms with Gasteiger partial charge in [-0.15, -0.1) is 0 Å². The lowest BCUT2D eigenvalue weighted by Crippen LogP contribution is -1.47. The first-order valence-corrected chi connectivity index (χ1v) is 1.81. The highest BCUT2D eigenvalue weighted by molar-refractivity contribution is 5.55. The molecule has 0 aromatic carbocycles. The fourth-order valence-electron chi connectivity index (χ4n) is 0. The van der Waals surface area contributed by atoms with E-state index in [1.165, 1.54) is 0 Å². The second-order valence-electron chi connectivity index (χ2n) is 0.288. The van der Waals surface area contributed by atoms with Gasteiger partial charge in [0, 0.05) is 0 Å². The van der Waals surface area contributed by atoms with Crippen LogP contribution < -0.4 is 0 Å². The number of aliphatic imine (C=N–C) groups is 1. The Bertz CT molecular complexity index is 28.5. The second-order valence-corrected chi connectivity index (χ2v) is 0.288. The quantitative estimate of drug-likeness (QED) is 0.344. The van der Waals surface area contributed by atoms with Crippen LogP contribution in [0.5, 0.6) is 0 Å². The van der Waals surface area contributed by atoms with Gasteiger partial charge in [0.05, 0.1) is 0 Å². The van der Waals surface area contributed by atoms with Crippen molar-refractivity contribution < 1.29 is 4.79 Å². The van der Waals surface area contributed by atoms with Gasteiger partial charge in [-0.05, 0) is 6.72 Å². The van der Waals surface area contributed by atoms with Gasteiger partial charge in [-0.2, -0.15) is 0 Å². The van der Waals surface area contributed by atoms with Crippen LogP contribution in [0.4, 0.5) is 0 Å². The first-order valence-electron chi connectivity index (χ1n) is 1.81. The summed E-state index contributed by atoms with van der Waals surface area (Å²) in [5.74, 6) is 0. The minimum Gasteiger partial charge on any atom is -0.276 e. The largest absolute Gasteiger partial charge is 0.276 e. The monoisotopic (exact) mass is 87.1 g/mol. The second kappa shape index (κ2) is 27.0. The molecule has 0 N–H and O–H groups in total. The maximum Gasteiger partial charge on any atom is 0.232 e. The summed E-state index contributed by atoms with van der Waals surface area (Å²) in [5.41, 5.74) is 0. The molecule has 0 aliphatic rings.